The van der Waals surface area contributed by atoms with Gasteiger partial charge in [-0.1, -0.05) is 6.82 Å². The summed E-state index contributed by atoms with van der Waals surface area (Å²) in [5.41, 5.74) is 2.31. The number of hydrogen-bond donors (Lipinski definition) is 1. The van der Waals surface area contributed by atoms with E-state index in [-0.39, 0.29) is 0 Å². The van der Waals surface area contributed by atoms with Crippen LogP contribution in [0.5, 0.6) is 5.75 Å². The maximum Gasteiger partial charge on any atom is 0.239 e. The van der Waals surface area contributed by atoms with Crippen LogP contribution in [0, 0.1) is 6.92 Å². The van der Waals surface area contributed by atoms with Crippen LogP contribution in [0.2, 0.25) is 6.82 Å². The summed E-state index contributed by atoms with van der Waals surface area (Å²) < 4.78 is 5.09. The Bertz CT molecular complexity index is 263. The Morgan fingerprint density at radius 2 is 2.17 bits per heavy atom. The van der Waals surface area contributed by atoms with Gasteiger partial charge in [0.15, 0.2) is 0 Å². The van der Waals surface area contributed by atoms with Crippen molar-refractivity contribution in [2.75, 3.05) is 12.3 Å². The lowest BCUT2D eigenvalue weighted by atomic mass is 9.98. The first-order chi connectivity index (χ1) is 5.77. The number of anilines is 1. The van der Waals surface area contributed by atoms with E-state index in [1.54, 1.807) is 7.11 Å². The second-order valence-electron chi connectivity index (χ2n) is 2.61. The molecule has 0 aliphatic rings. The third kappa shape index (κ3) is 1.94. The zero-order chi connectivity index (χ0) is 8.97. The van der Waals surface area contributed by atoms with Gasteiger partial charge < -0.3 is 9.96 Å². The molecule has 0 amide bonds. The molecule has 1 radical (unpaired) electrons. The van der Waals surface area contributed by atoms with Crippen LogP contribution in [-0.2, 0) is 0 Å². The molecule has 0 fully saturated rings. The quantitative estimate of drug-likeness (QED) is 0.687. The van der Waals surface area contributed by atoms with Gasteiger partial charge >= 0.3 is 0 Å². The second-order valence-corrected chi connectivity index (χ2v) is 2.61. The van der Waals surface area contributed by atoms with E-state index < -0.39 is 0 Å². The van der Waals surface area contributed by atoms with Crippen molar-refractivity contribution in [1.29, 1.82) is 0 Å². The van der Waals surface area contributed by atoms with Gasteiger partial charge in [-0.2, -0.15) is 0 Å². The third-order valence-corrected chi connectivity index (χ3v) is 1.73. The number of hydrogen-bond acceptors (Lipinski definition) is 2. The number of ether oxygens (including phenoxy) is 1. The molecule has 0 saturated carbocycles. The van der Waals surface area contributed by atoms with Crippen molar-refractivity contribution in [1.82, 2.24) is 0 Å². The SMILES string of the molecule is C[B]Nc1ccc(OC)cc1C. The van der Waals surface area contributed by atoms with Crippen molar-refractivity contribution in [2.45, 2.75) is 13.7 Å². The molecular weight excluding hydrogens is 149 g/mol. The number of aryl methyl sites for hydroxylation is 1. The summed E-state index contributed by atoms with van der Waals surface area (Å²) in [6.45, 7) is 4.01. The number of benzene rings is 1. The normalized spacial score (nSPS) is 9.25. The molecule has 1 rings (SSSR count). The van der Waals surface area contributed by atoms with Crippen LogP contribution in [0.15, 0.2) is 18.2 Å². The summed E-state index contributed by atoms with van der Waals surface area (Å²) in [4.78, 5) is 0. The molecule has 12 heavy (non-hydrogen) atoms. The molecule has 1 aromatic rings. The summed E-state index contributed by atoms with van der Waals surface area (Å²) >= 11 is 0. The average molecular weight is 162 g/mol. The largest absolute Gasteiger partial charge is 0.497 e. The third-order valence-electron chi connectivity index (χ3n) is 1.73. The maximum absolute atomic E-state index is 5.09. The van der Waals surface area contributed by atoms with Gasteiger partial charge in [0.1, 0.15) is 5.75 Å². The van der Waals surface area contributed by atoms with E-state index in [2.05, 4.69) is 5.23 Å². The van der Waals surface area contributed by atoms with E-state index in [4.69, 9.17) is 4.74 Å². The van der Waals surface area contributed by atoms with Crippen LogP contribution < -0.4 is 9.96 Å². The minimum Gasteiger partial charge on any atom is -0.497 e. The summed E-state index contributed by atoms with van der Waals surface area (Å²) in [6, 6.07) is 5.96. The highest BCUT2D eigenvalue weighted by Crippen LogP contribution is 2.20. The van der Waals surface area contributed by atoms with Gasteiger partial charge in [0.2, 0.25) is 7.41 Å². The summed E-state index contributed by atoms with van der Waals surface area (Å²) in [5.74, 6) is 0.897. The molecule has 0 atom stereocenters. The van der Waals surface area contributed by atoms with Crippen LogP contribution in [0.1, 0.15) is 5.56 Å². The number of nitrogens with one attached hydrogen (secondary N) is 1. The van der Waals surface area contributed by atoms with Crippen molar-refractivity contribution in [3.05, 3.63) is 23.8 Å². The molecule has 2 nitrogen and oxygen atoms in total. The minimum atomic E-state index is 0.897. The van der Waals surface area contributed by atoms with Crippen molar-refractivity contribution in [2.24, 2.45) is 0 Å². The smallest absolute Gasteiger partial charge is 0.239 e. The summed E-state index contributed by atoms with van der Waals surface area (Å²) in [6.07, 6.45) is 0. The molecule has 0 spiro atoms. The van der Waals surface area contributed by atoms with E-state index in [1.165, 1.54) is 5.56 Å². The molecule has 0 aliphatic carbocycles. The summed E-state index contributed by atoms with van der Waals surface area (Å²) in [5, 5.41) is 3.15. The highest BCUT2D eigenvalue weighted by Gasteiger charge is 1.97. The Balaban J connectivity index is 2.87. The highest BCUT2D eigenvalue weighted by molar-refractivity contribution is 6.38. The second kappa shape index (κ2) is 4.05. The van der Waals surface area contributed by atoms with Gasteiger partial charge in [-0.25, -0.2) is 0 Å². The number of methoxy groups -OCH3 is 1. The van der Waals surface area contributed by atoms with Crippen LogP contribution in [0.4, 0.5) is 5.69 Å². The molecule has 0 heterocycles. The van der Waals surface area contributed by atoms with Gasteiger partial charge in [-0.15, -0.1) is 0 Å². The number of rotatable bonds is 3. The standard InChI is InChI=1S/C9H13BNO/c1-7-6-8(12-3)4-5-9(7)11-10-2/h4-6,11H,1-3H3. The first-order valence-electron chi connectivity index (χ1n) is 3.97. The van der Waals surface area contributed by atoms with Crippen molar-refractivity contribution in [3.8, 4) is 5.75 Å². The Morgan fingerprint density at radius 1 is 1.42 bits per heavy atom. The molecule has 1 N–H and O–H groups in total. The lowest BCUT2D eigenvalue weighted by molar-refractivity contribution is 0.414. The fraction of sp³-hybridized carbons (Fsp3) is 0.333. The first kappa shape index (κ1) is 8.98. The Kier molecular flexibility index (Phi) is 3.03. The van der Waals surface area contributed by atoms with Crippen LogP contribution in [0.25, 0.3) is 0 Å². The molecule has 0 aliphatic heterocycles. The maximum atomic E-state index is 5.09. The molecular formula is C9H13BNO. The average Bonchev–Trinajstić information content (AvgIpc) is 2.09. The Labute approximate surface area is 74.2 Å². The Hall–Kier alpha value is -1.12. The fourth-order valence-corrected chi connectivity index (χ4v) is 1.08. The highest BCUT2D eigenvalue weighted by atomic mass is 16.5. The Morgan fingerprint density at radius 3 is 2.67 bits per heavy atom. The lowest BCUT2D eigenvalue weighted by Gasteiger charge is -2.08. The van der Waals surface area contributed by atoms with Crippen LogP contribution >= 0.6 is 0 Å². The first-order valence-corrected chi connectivity index (χ1v) is 3.97. The van der Waals surface area contributed by atoms with E-state index in [0.717, 1.165) is 11.4 Å². The monoisotopic (exact) mass is 162 g/mol. The topological polar surface area (TPSA) is 21.3 Å². The summed E-state index contributed by atoms with van der Waals surface area (Å²) in [7, 11) is 3.59. The van der Waals surface area contributed by atoms with Gasteiger partial charge in [0, 0.05) is 5.69 Å². The van der Waals surface area contributed by atoms with Gasteiger partial charge in [-0.3, -0.25) is 0 Å². The molecule has 1 aromatic carbocycles. The zero-order valence-corrected chi connectivity index (χ0v) is 7.72. The van der Waals surface area contributed by atoms with Gasteiger partial charge in [0.25, 0.3) is 0 Å². The molecule has 0 bridgehead atoms. The van der Waals surface area contributed by atoms with E-state index in [9.17, 15) is 0 Å². The lowest BCUT2D eigenvalue weighted by Crippen LogP contribution is -2.02. The van der Waals surface area contributed by atoms with E-state index in [1.807, 2.05) is 39.4 Å². The van der Waals surface area contributed by atoms with Crippen molar-refractivity contribution < 1.29 is 4.74 Å². The molecule has 0 unspecified atom stereocenters. The van der Waals surface area contributed by atoms with Gasteiger partial charge in [0.05, 0.1) is 7.11 Å². The molecule has 0 aromatic heterocycles. The predicted octanol–water partition coefficient (Wildman–Crippen LogP) is 2.08. The fourth-order valence-electron chi connectivity index (χ4n) is 1.08. The van der Waals surface area contributed by atoms with Crippen molar-refractivity contribution >= 4 is 13.1 Å². The molecule has 63 valence electrons. The van der Waals surface area contributed by atoms with E-state index >= 15 is 0 Å². The predicted molar refractivity (Wildman–Crippen MR) is 53.0 cm³/mol. The van der Waals surface area contributed by atoms with E-state index in [0.29, 0.717) is 0 Å². The minimum absolute atomic E-state index is 0.897. The van der Waals surface area contributed by atoms with Crippen LogP contribution in [0.3, 0.4) is 0 Å². The molecule has 3 heteroatoms. The van der Waals surface area contributed by atoms with Crippen LogP contribution in [-0.4, -0.2) is 14.5 Å². The van der Waals surface area contributed by atoms with Crippen molar-refractivity contribution in [3.63, 3.8) is 0 Å². The zero-order valence-electron chi connectivity index (χ0n) is 7.72. The van der Waals surface area contributed by atoms with Gasteiger partial charge in [-0.05, 0) is 30.7 Å². The molecule has 0 saturated heterocycles.